The first kappa shape index (κ1) is 20.2. The molecule has 0 saturated heterocycles. The molecule has 0 amide bonds. The Morgan fingerprint density at radius 2 is 2.22 bits per heavy atom. The average Bonchev–Trinajstić information content (AvgIpc) is 2.49. The topological polar surface area (TPSA) is 49.3 Å². The normalized spacial score (nSPS) is 21.4. The van der Waals surface area contributed by atoms with Gasteiger partial charge in [0.05, 0.1) is 0 Å². The number of aromatic nitrogens is 1. The van der Waals surface area contributed by atoms with E-state index >= 15 is 0 Å². The van der Waals surface area contributed by atoms with E-state index in [2.05, 4.69) is 42.5 Å². The summed E-state index contributed by atoms with van der Waals surface area (Å²) in [6.07, 6.45) is 9.96. The molecule has 1 aliphatic rings. The molecule has 1 heterocycles. The fourth-order valence-corrected chi connectivity index (χ4v) is 3.15. The standard InChI is InChI=1S/C18H30N4.HI/c1-4-20-18(22-17-7-5-6-14(2)12-17)21-11-9-16-8-10-19-13-15(16)3;/h8,10,13-14,17H,4-7,9,11-12H2,1-3H3,(H2,20,21,22);1H. The zero-order valence-electron chi connectivity index (χ0n) is 14.6. The van der Waals surface area contributed by atoms with Crippen LogP contribution in [0.15, 0.2) is 23.5 Å². The van der Waals surface area contributed by atoms with Crippen molar-refractivity contribution in [3.05, 3.63) is 29.6 Å². The number of aryl methyl sites for hydroxylation is 1. The third-order valence-corrected chi connectivity index (χ3v) is 4.41. The van der Waals surface area contributed by atoms with Crippen molar-refractivity contribution >= 4 is 29.9 Å². The van der Waals surface area contributed by atoms with Crippen molar-refractivity contribution in [1.82, 2.24) is 15.6 Å². The third-order valence-electron chi connectivity index (χ3n) is 4.41. The third kappa shape index (κ3) is 7.06. The maximum Gasteiger partial charge on any atom is 0.191 e. The molecule has 1 fully saturated rings. The maximum atomic E-state index is 4.74. The molecular weight excluding hydrogens is 399 g/mol. The van der Waals surface area contributed by atoms with E-state index in [0.717, 1.165) is 31.4 Å². The second-order valence-corrected chi connectivity index (χ2v) is 6.43. The van der Waals surface area contributed by atoms with Crippen molar-refractivity contribution in [2.45, 2.75) is 58.9 Å². The van der Waals surface area contributed by atoms with Gasteiger partial charge in [-0.05, 0) is 56.2 Å². The highest BCUT2D eigenvalue weighted by molar-refractivity contribution is 14.0. The second-order valence-electron chi connectivity index (χ2n) is 6.43. The van der Waals surface area contributed by atoms with Gasteiger partial charge >= 0.3 is 0 Å². The minimum Gasteiger partial charge on any atom is -0.357 e. The summed E-state index contributed by atoms with van der Waals surface area (Å²) >= 11 is 0. The molecule has 2 atom stereocenters. The summed E-state index contributed by atoms with van der Waals surface area (Å²) in [5, 5.41) is 6.99. The van der Waals surface area contributed by atoms with E-state index in [1.807, 2.05) is 12.4 Å². The molecule has 1 aromatic rings. The van der Waals surface area contributed by atoms with Crippen LogP contribution in [0.2, 0.25) is 0 Å². The lowest BCUT2D eigenvalue weighted by atomic mass is 9.87. The fourth-order valence-electron chi connectivity index (χ4n) is 3.15. The molecule has 0 aromatic carbocycles. The lowest BCUT2D eigenvalue weighted by molar-refractivity contribution is 0.324. The van der Waals surface area contributed by atoms with Crippen LogP contribution in [-0.2, 0) is 6.42 Å². The number of halogens is 1. The van der Waals surface area contributed by atoms with Crippen molar-refractivity contribution in [2.75, 3.05) is 13.1 Å². The van der Waals surface area contributed by atoms with Crippen LogP contribution in [0.4, 0.5) is 0 Å². The number of hydrogen-bond donors (Lipinski definition) is 2. The van der Waals surface area contributed by atoms with E-state index < -0.39 is 0 Å². The van der Waals surface area contributed by atoms with E-state index in [4.69, 9.17) is 4.99 Å². The Balaban J connectivity index is 0.00000264. The minimum atomic E-state index is 0. The Kier molecular flexibility index (Phi) is 9.52. The molecule has 1 aliphatic carbocycles. The molecule has 0 aliphatic heterocycles. The molecule has 1 aromatic heterocycles. The minimum absolute atomic E-state index is 0. The van der Waals surface area contributed by atoms with Gasteiger partial charge in [-0.3, -0.25) is 9.98 Å². The highest BCUT2D eigenvalue weighted by Gasteiger charge is 2.19. The van der Waals surface area contributed by atoms with Gasteiger partial charge in [-0.15, -0.1) is 24.0 Å². The van der Waals surface area contributed by atoms with Gasteiger partial charge in [0.2, 0.25) is 0 Å². The summed E-state index contributed by atoms with van der Waals surface area (Å²) in [5.41, 5.74) is 2.58. The smallest absolute Gasteiger partial charge is 0.191 e. The van der Waals surface area contributed by atoms with Gasteiger partial charge in [0.25, 0.3) is 0 Å². The predicted octanol–water partition coefficient (Wildman–Crippen LogP) is 3.68. The van der Waals surface area contributed by atoms with E-state index in [9.17, 15) is 0 Å². The van der Waals surface area contributed by atoms with Crippen LogP contribution in [0, 0.1) is 12.8 Å². The number of nitrogens with zero attached hydrogens (tertiary/aromatic N) is 2. The van der Waals surface area contributed by atoms with Crippen LogP contribution in [-0.4, -0.2) is 30.1 Å². The molecule has 23 heavy (non-hydrogen) atoms. The van der Waals surface area contributed by atoms with Crippen molar-refractivity contribution in [3.8, 4) is 0 Å². The molecule has 0 radical (unpaired) electrons. The largest absolute Gasteiger partial charge is 0.357 e. The van der Waals surface area contributed by atoms with Crippen molar-refractivity contribution in [3.63, 3.8) is 0 Å². The first-order valence-corrected chi connectivity index (χ1v) is 8.63. The highest BCUT2D eigenvalue weighted by atomic mass is 127. The van der Waals surface area contributed by atoms with Crippen molar-refractivity contribution in [1.29, 1.82) is 0 Å². The Morgan fingerprint density at radius 1 is 1.39 bits per heavy atom. The lowest BCUT2D eigenvalue weighted by Gasteiger charge is -2.28. The molecule has 2 rings (SSSR count). The Morgan fingerprint density at radius 3 is 2.91 bits per heavy atom. The average molecular weight is 430 g/mol. The van der Waals surface area contributed by atoms with Crippen LogP contribution in [0.5, 0.6) is 0 Å². The molecular formula is C18H31IN4. The fraction of sp³-hybridized carbons (Fsp3) is 0.667. The molecule has 0 bridgehead atoms. The van der Waals surface area contributed by atoms with Crippen LogP contribution >= 0.6 is 24.0 Å². The first-order valence-electron chi connectivity index (χ1n) is 8.63. The summed E-state index contributed by atoms with van der Waals surface area (Å²) in [5.74, 6) is 1.79. The quantitative estimate of drug-likeness (QED) is 0.426. The van der Waals surface area contributed by atoms with Crippen molar-refractivity contribution < 1.29 is 0 Å². The van der Waals surface area contributed by atoms with E-state index in [1.165, 1.54) is 36.8 Å². The number of hydrogen-bond acceptors (Lipinski definition) is 2. The van der Waals surface area contributed by atoms with Crippen LogP contribution in [0.1, 0.15) is 50.7 Å². The summed E-state index contributed by atoms with van der Waals surface area (Å²) in [6.45, 7) is 8.29. The molecule has 2 N–H and O–H groups in total. The second kappa shape index (κ2) is 10.8. The van der Waals surface area contributed by atoms with Gasteiger partial charge in [0, 0.05) is 31.5 Å². The summed E-state index contributed by atoms with van der Waals surface area (Å²) in [7, 11) is 0. The Labute approximate surface area is 158 Å². The zero-order chi connectivity index (χ0) is 15.8. The lowest BCUT2D eigenvalue weighted by Crippen LogP contribution is -2.45. The van der Waals surface area contributed by atoms with Crippen LogP contribution in [0.25, 0.3) is 0 Å². The first-order chi connectivity index (χ1) is 10.7. The molecule has 5 heteroatoms. The summed E-state index contributed by atoms with van der Waals surface area (Å²) in [6, 6.07) is 2.66. The molecule has 130 valence electrons. The number of guanidine groups is 1. The number of rotatable bonds is 5. The molecule has 0 spiro atoms. The SMILES string of the molecule is CCNC(=NCCc1ccncc1C)NC1CCCC(C)C1.I. The van der Waals surface area contributed by atoms with E-state index in [-0.39, 0.29) is 24.0 Å². The van der Waals surface area contributed by atoms with Crippen LogP contribution < -0.4 is 10.6 Å². The number of pyridine rings is 1. The van der Waals surface area contributed by atoms with Crippen LogP contribution in [0.3, 0.4) is 0 Å². The summed E-state index contributed by atoms with van der Waals surface area (Å²) in [4.78, 5) is 8.88. The zero-order valence-corrected chi connectivity index (χ0v) is 17.0. The Hall–Kier alpha value is -0.850. The van der Waals surface area contributed by atoms with E-state index in [0.29, 0.717) is 6.04 Å². The molecule has 1 saturated carbocycles. The van der Waals surface area contributed by atoms with Crippen molar-refractivity contribution in [2.24, 2.45) is 10.9 Å². The monoisotopic (exact) mass is 430 g/mol. The Bertz CT molecular complexity index is 490. The van der Waals surface area contributed by atoms with E-state index in [1.54, 1.807) is 0 Å². The van der Waals surface area contributed by atoms with Gasteiger partial charge < -0.3 is 10.6 Å². The molecule has 4 nitrogen and oxygen atoms in total. The van der Waals surface area contributed by atoms with Gasteiger partial charge in [-0.2, -0.15) is 0 Å². The highest BCUT2D eigenvalue weighted by Crippen LogP contribution is 2.23. The summed E-state index contributed by atoms with van der Waals surface area (Å²) < 4.78 is 0. The van der Waals surface area contributed by atoms with Gasteiger partial charge in [-0.25, -0.2) is 0 Å². The predicted molar refractivity (Wildman–Crippen MR) is 109 cm³/mol. The molecule has 2 unspecified atom stereocenters. The van der Waals surface area contributed by atoms with Gasteiger partial charge in [0.15, 0.2) is 5.96 Å². The number of aliphatic imine (C=N–C) groups is 1. The van der Waals surface area contributed by atoms with Gasteiger partial charge in [-0.1, -0.05) is 19.8 Å². The van der Waals surface area contributed by atoms with Gasteiger partial charge in [0.1, 0.15) is 0 Å². The number of nitrogens with one attached hydrogen (secondary N) is 2. The maximum absolute atomic E-state index is 4.74.